The molecule has 0 atom stereocenters. The van der Waals surface area contributed by atoms with Crippen molar-refractivity contribution < 1.29 is 14.0 Å². The lowest BCUT2D eigenvalue weighted by Crippen LogP contribution is -1.90. The first-order chi connectivity index (χ1) is 7.85. The van der Waals surface area contributed by atoms with E-state index in [1.165, 1.54) is 0 Å². The zero-order valence-corrected chi connectivity index (χ0v) is 9.14. The third-order valence-corrected chi connectivity index (χ3v) is 2.08. The standard InChI is InChI=1S/C11H12N2O3/c1-14-7-10-12-11(13-16-10)8-5-3-4-6-9(8)15-2/h3-6H,7H2,1-2H3. The van der Waals surface area contributed by atoms with Crippen LogP contribution in [0.25, 0.3) is 11.4 Å². The minimum absolute atomic E-state index is 0.308. The summed E-state index contributed by atoms with van der Waals surface area (Å²) >= 11 is 0. The number of ether oxygens (including phenoxy) is 2. The van der Waals surface area contributed by atoms with Gasteiger partial charge in [-0.2, -0.15) is 4.98 Å². The van der Waals surface area contributed by atoms with Crippen LogP contribution >= 0.6 is 0 Å². The van der Waals surface area contributed by atoms with E-state index in [0.29, 0.717) is 24.1 Å². The van der Waals surface area contributed by atoms with Gasteiger partial charge in [-0.05, 0) is 12.1 Å². The molecule has 0 spiro atoms. The quantitative estimate of drug-likeness (QED) is 0.787. The van der Waals surface area contributed by atoms with Gasteiger partial charge in [0, 0.05) is 7.11 Å². The Morgan fingerprint density at radius 3 is 2.81 bits per heavy atom. The number of hydrogen-bond acceptors (Lipinski definition) is 5. The fourth-order valence-corrected chi connectivity index (χ4v) is 1.38. The molecule has 0 bridgehead atoms. The summed E-state index contributed by atoms with van der Waals surface area (Å²) in [5, 5.41) is 3.87. The second-order valence-electron chi connectivity index (χ2n) is 3.15. The monoisotopic (exact) mass is 220 g/mol. The number of para-hydroxylation sites is 1. The maximum Gasteiger partial charge on any atom is 0.252 e. The Labute approximate surface area is 93.0 Å². The molecule has 0 saturated carbocycles. The van der Waals surface area contributed by atoms with E-state index in [4.69, 9.17) is 14.0 Å². The highest BCUT2D eigenvalue weighted by molar-refractivity contribution is 5.63. The molecule has 0 aliphatic heterocycles. The van der Waals surface area contributed by atoms with Crippen molar-refractivity contribution in [3.8, 4) is 17.1 Å². The topological polar surface area (TPSA) is 57.4 Å². The molecule has 5 nitrogen and oxygen atoms in total. The highest BCUT2D eigenvalue weighted by atomic mass is 16.5. The van der Waals surface area contributed by atoms with E-state index in [0.717, 1.165) is 5.56 Å². The van der Waals surface area contributed by atoms with Crippen molar-refractivity contribution in [2.45, 2.75) is 6.61 Å². The molecule has 0 aliphatic rings. The van der Waals surface area contributed by atoms with Crippen LogP contribution in [0.3, 0.4) is 0 Å². The molecule has 1 aromatic heterocycles. The molecular formula is C11H12N2O3. The number of rotatable bonds is 4. The molecule has 1 aromatic carbocycles. The summed E-state index contributed by atoms with van der Waals surface area (Å²) in [5.41, 5.74) is 0.802. The molecule has 2 rings (SSSR count). The van der Waals surface area contributed by atoms with Gasteiger partial charge in [0.2, 0.25) is 5.82 Å². The summed E-state index contributed by atoms with van der Waals surface area (Å²) in [6.45, 7) is 0.308. The highest BCUT2D eigenvalue weighted by Gasteiger charge is 2.12. The van der Waals surface area contributed by atoms with E-state index >= 15 is 0 Å². The van der Waals surface area contributed by atoms with Crippen LogP contribution in [0.2, 0.25) is 0 Å². The van der Waals surface area contributed by atoms with Gasteiger partial charge in [-0.15, -0.1) is 0 Å². The minimum Gasteiger partial charge on any atom is -0.496 e. The van der Waals surface area contributed by atoms with Crippen molar-refractivity contribution in [3.05, 3.63) is 30.2 Å². The smallest absolute Gasteiger partial charge is 0.252 e. The average molecular weight is 220 g/mol. The molecule has 0 aliphatic carbocycles. The minimum atomic E-state index is 0.308. The number of hydrogen-bond donors (Lipinski definition) is 0. The van der Waals surface area contributed by atoms with Gasteiger partial charge in [-0.25, -0.2) is 0 Å². The summed E-state index contributed by atoms with van der Waals surface area (Å²) in [7, 11) is 3.18. The molecule has 0 radical (unpaired) electrons. The molecule has 0 fully saturated rings. The van der Waals surface area contributed by atoms with Gasteiger partial charge < -0.3 is 14.0 Å². The van der Waals surface area contributed by atoms with E-state index in [9.17, 15) is 0 Å². The number of methoxy groups -OCH3 is 2. The molecule has 0 N–H and O–H groups in total. The Bertz CT molecular complexity index is 468. The number of nitrogens with zero attached hydrogens (tertiary/aromatic N) is 2. The van der Waals surface area contributed by atoms with Crippen molar-refractivity contribution in [2.24, 2.45) is 0 Å². The molecular weight excluding hydrogens is 208 g/mol. The average Bonchev–Trinajstić information content (AvgIpc) is 2.78. The van der Waals surface area contributed by atoms with Crippen LogP contribution in [0, 0.1) is 0 Å². The Morgan fingerprint density at radius 2 is 2.06 bits per heavy atom. The van der Waals surface area contributed by atoms with Gasteiger partial charge >= 0.3 is 0 Å². The Hall–Kier alpha value is -1.88. The zero-order valence-electron chi connectivity index (χ0n) is 9.14. The summed E-state index contributed by atoms with van der Waals surface area (Å²) in [5.74, 6) is 1.67. The maximum absolute atomic E-state index is 5.22. The highest BCUT2D eigenvalue weighted by Crippen LogP contribution is 2.26. The van der Waals surface area contributed by atoms with Gasteiger partial charge in [0.25, 0.3) is 5.89 Å². The maximum atomic E-state index is 5.22. The predicted molar refractivity (Wildman–Crippen MR) is 57.0 cm³/mol. The predicted octanol–water partition coefficient (Wildman–Crippen LogP) is 1.89. The lowest BCUT2D eigenvalue weighted by molar-refractivity contribution is 0.151. The molecule has 16 heavy (non-hydrogen) atoms. The summed E-state index contributed by atoms with van der Waals surface area (Å²) < 4.78 is 15.1. The van der Waals surface area contributed by atoms with E-state index in [1.807, 2.05) is 24.3 Å². The van der Waals surface area contributed by atoms with Gasteiger partial charge in [-0.3, -0.25) is 0 Å². The number of benzene rings is 1. The Kier molecular flexibility index (Phi) is 3.16. The van der Waals surface area contributed by atoms with Gasteiger partial charge in [0.05, 0.1) is 12.7 Å². The van der Waals surface area contributed by atoms with Crippen molar-refractivity contribution in [3.63, 3.8) is 0 Å². The van der Waals surface area contributed by atoms with Crippen LogP contribution in [0.5, 0.6) is 5.75 Å². The Morgan fingerprint density at radius 1 is 1.25 bits per heavy atom. The van der Waals surface area contributed by atoms with Gasteiger partial charge in [0.1, 0.15) is 12.4 Å². The van der Waals surface area contributed by atoms with Crippen molar-refractivity contribution in [1.29, 1.82) is 0 Å². The van der Waals surface area contributed by atoms with Crippen molar-refractivity contribution in [2.75, 3.05) is 14.2 Å². The first-order valence-corrected chi connectivity index (χ1v) is 4.80. The lowest BCUT2D eigenvalue weighted by atomic mass is 10.2. The molecule has 84 valence electrons. The largest absolute Gasteiger partial charge is 0.496 e. The third-order valence-electron chi connectivity index (χ3n) is 2.08. The fraction of sp³-hybridized carbons (Fsp3) is 0.273. The van der Waals surface area contributed by atoms with Gasteiger partial charge in [0.15, 0.2) is 0 Å². The normalized spacial score (nSPS) is 10.4. The van der Waals surface area contributed by atoms with Crippen LogP contribution in [-0.2, 0) is 11.3 Å². The number of aromatic nitrogens is 2. The SMILES string of the molecule is COCc1nc(-c2ccccc2OC)no1. The first-order valence-electron chi connectivity index (χ1n) is 4.80. The summed E-state index contributed by atoms with van der Waals surface area (Å²) in [6.07, 6.45) is 0. The van der Waals surface area contributed by atoms with E-state index in [2.05, 4.69) is 10.1 Å². The fourth-order valence-electron chi connectivity index (χ4n) is 1.38. The molecule has 0 amide bonds. The van der Waals surface area contributed by atoms with Crippen LogP contribution in [0.1, 0.15) is 5.89 Å². The van der Waals surface area contributed by atoms with E-state index in [1.54, 1.807) is 14.2 Å². The van der Waals surface area contributed by atoms with E-state index < -0.39 is 0 Å². The summed E-state index contributed by atoms with van der Waals surface area (Å²) in [6, 6.07) is 7.50. The molecule has 5 heteroatoms. The molecule has 0 unspecified atom stereocenters. The Balaban J connectivity index is 2.34. The van der Waals surface area contributed by atoms with Gasteiger partial charge in [-0.1, -0.05) is 17.3 Å². The second-order valence-corrected chi connectivity index (χ2v) is 3.15. The lowest BCUT2D eigenvalue weighted by Gasteiger charge is -2.02. The van der Waals surface area contributed by atoms with Crippen LogP contribution in [-0.4, -0.2) is 24.4 Å². The van der Waals surface area contributed by atoms with Crippen molar-refractivity contribution >= 4 is 0 Å². The zero-order chi connectivity index (χ0) is 11.4. The second kappa shape index (κ2) is 4.76. The third kappa shape index (κ3) is 2.04. The van der Waals surface area contributed by atoms with Crippen LogP contribution < -0.4 is 4.74 Å². The first kappa shape index (κ1) is 10.6. The molecule has 2 aromatic rings. The van der Waals surface area contributed by atoms with Crippen LogP contribution in [0.15, 0.2) is 28.8 Å². The van der Waals surface area contributed by atoms with Crippen LogP contribution in [0.4, 0.5) is 0 Å². The summed E-state index contributed by atoms with van der Waals surface area (Å²) in [4.78, 5) is 4.20. The van der Waals surface area contributed by atoms with Crippen molar-refractivity contribution in [1.82, 2.24) is 10.1 Å². The molecule has 0 saturated heterocycles. The molecule has 1 heterocycles. The van der Waals surface area contributed by atoms with E-state index in [-0.39, 0.29) is 0 Å².